The standard InChI is InChI=1S/C19H21ClN2O4/c20-14-8-13(9-17-19(14)26-7-6-25-17)16(23)11-22-18(24)10-15(21)12-4-2-1-3-5-12/h1-5,8-9,15-16,23H,6-7,10-11,21H2,(H,22,24). The van der Waals surface area contributed by atoms with Gasteiger partial charge in [0, 0.05) is 19.0 Å². The Balaban J connectivity index is 1.56. The number of hydrogen-bond acceptors (Lipinski definition) is 5. The molecule has 0 fully saturated rings. The first-order valence-corrected chi connectivity index (χ1v) is 8.76. The Morgan fingerprint density at radius 1 is 1.19 bits per heavy atom. The van der Waals surface area contributed by atoms with E-state index in [1.165, 1.54) is 0 Å². The van der Waals surface area contributed by atoms with Gasteiger partial charge in [0.15, 0.2) is 11.5 Å². The number of halogens is 1. The fourth-order valence-corrected chi connectivity index (χ4v) is 3.02. The maximum Gasteiger partial charge on any atom is 0.222 e. The first kappa shape index (κ1) is 18.5. The van der Waals surface area contributed by atoms with Gasteiger partial charge in [-0.15, -0.1) is 0 Å². The fourth-order valence-electron chi connectivity index (χ4n) is 2.74. The van der Waals surface area contributed by atoms with Crippen LogP contribution in [0.15, 0.2) is 42.5 Å². The van der Waals surface area contributed by atoms with E-state index in [1.807, 2.05) is 30.3 Å². The molecule has 2 aromatic carbocycles. The molecule has 0 saturated heterocycles. The van der Waals surface area contributed by atoms with Crippen LogP contribution < -0.4 is 20.5 Å². The van der Waals surface area contributed by atoms with Gasteiger partial charge in [-0.3, -0.25) is 4.79 Å². The average molecular weight is 377 g/mol. The predicted octanol–water partition coefficient (Wildman–Crippen LogP) is 2.35. The molecule has 0 bridgehead atoms. The number of amides is 1. The molecule has 2 atom stereocenters. The van der Waals surface area contributed by atoms with Crippen LogP contribution in [0.25, 0.3) is 0 Å². The molecule has 138 valence electrons. The SMILES string of the molecule is NC(CC(=O)NCC(O)c1cc(Cl)c2c(c1)OCCO2)c1ccccc1. The molecule has 4 N–H and O–H groups in total. The average Bonchev–Trinajstić information content (AvgIpc) is 2.66. The van der Waals surface area contributed by atoms with E-state index in [-0.39, 0.29) is 18.9 Å². The monoisotopic (exact) mass is 376 g/mol. The molecule has 26 heavy (non-hydrogen) atoms. The summed E-state index contributed by atoms with van der Waals surface area (Å²) in [5.41, 5.74) is 7.48. The van der Waals surface area contributed by atoms with Crippen molar-refractivity contribution >= 4 is 17.5 Å². The first-order chi connectivity index (χ1) is 12.5. The Morgan fingerprint density at radius 2 is 1.92 bits per heavy atom. The molecule has 3 rings (SSSR count). The van der Waals surface area contributed by atoms with Gasteiger partial charge in [-0.05, 0) is 23.3 Å². The van der Waals surface area contributed by atoms with Gasteiger partial charge in [0.2, 0.25) is 5.91 Å². The third-order valence-corrected chi connectivity index (χ3v) is 4.41. The summed E-state index contributed by atoms with van der Waals surface area (Å²) in [5.74, 6) is 0.742. The number of aliphatic hydroxyl groups is 1. The summed E-state index contributed by atoms with van der Waals surface area (Å²) in [6, 6.07) is 12.3. The van der Waals surface area contributed by atoms with Crippen LogP contribution in [0.5, 0.6) is 11.5 Å². The lowest BCUT2D eigenvalue weighted by atomic mass is 10.0. The van der Waals surface area contributed by atoms with Gasteiger partial charge in [0.25, 0.3) is 0 Å². The molecule has 0 aliphatic carbocycles. The summed E-state index contributed by atoms with van der Waals surface area (Å²) >= 11 is 6.17. The van der Waals surface area contributed by atoms with Gasteiger partial charge in [0.1, 0.15) is 13.2 Å². The smallest absolute Gasteiger partial charge is 0.222 e. The maximum absolute atomic E-state index is 12.1. The van der Waals surface area contributed by atoms with Gasteiger partial charge >= 0.3 is 0 Å². The van der Waals surface area contributed by atoms with Crippen LogP contribution in [0.2, 0.25) is 5.02 Å². The van der Waals surface area contributed by atoms with E-state index in [2.05, 4.69) is 5.32 Å². The molecule has 1 amide bonds. The topological polar surface area (TPSA) is 93.8 Å². The third kappa shape index (κ3) is 4.46. The Kier molecular flexibility index (Phi) is 5.98. The van der Waals surface area contributed by atoms with E-state index in [0.717, 1.165) is 5.56 Å². The van der Waals surface area contributed by atoms with Crippen molar-refractivity contribution in [1.29, 1.82) is 0 Å². The van der Waals surface area contributed by atoms with E-state index in [9.17, 15) is 9.90 Å². The number of rotatable bonds is 6. The van der Waals surface area contributed by atoms with E-state index in [1.54, 1.807) is 12.1 Å². The highest BCUT2D eigenvalue weighted by molar-refractivity contribution is 6.32. The van der Waals surface area contributed by atoms with Gasteiger partial charge in [-0.1, -0.05) is 41.9 Å². The molecule has 1 aliphatic heterocycles. The minimum absolute atomic E-state index is 0.0519. The minimum Gasteiger partial charge on any atom is -0.486 e. The molecule has 0 spiro atoms. The van der Waals surface area contributed by atoms with Crippen molar-refractivity contribution in [2.24, 2.45) is 5.73 Å². The summed E-state index contributed by atoms with van der Waals surface area (Å²) in [4.78, 5) is 12.1. The summed E-state index contributed by atoms with van der Waals surface area (Å²) < 4.78 is 10.9. The molecule has 6 nitrogen and oxygen atoms in total. The second-order valence-corrected chi connectivity index (χ2v) is 6.48. The van der Waals surface area contributed by atoms with E-state index in [0.29, 0.717) is 35.3 Å². The van der Waals surface area contributed by atoms with Crippen molar-refractivity contribution in [3.8, 4) is 11.5 Å². The zero-order valence-electron chi connectivity index (χ0n) is 14.2. The number of aliphatic hydroxyl groups excluding tert-OH is 1. The van der Waals surface area contributed by atoms with Crippen molar-refractivity contribution in [2.45, 2.75) is 18.6 Å². The maximum atomic E-state index is 12.1. The van der Waals surface area contributed by atoms with Crippen molar-refractivity contribution in [3.05, 3.63) is 58.6 Å². The quantitative estimate of drug-likeness (QED) is 0.719. The molecule has 1 heterocycles. The van der Waals surface area contributed by atoms with E-state index in [4.69, 9.17) is 26.8 Å². The Labute approximate surface area is 156 Å². The molecule has 1 aliphatic rings. The largest absolute Gasteiger partial charge is 0.486 e. The summed E-state index contributed by atoms with van der Waals surface area (Å²) in [5, 5.41) is 13.4. The summed E-state index contributed by atoms with van der Waals surface area (Å²) in [6.45, 7) is 0.916. The van der Waals surface area contributed by atoms with Crippen LogP contribution in [-0.2, 0) is 4.79 Å². The van der Waals surface area contributed by atoms with Crippen molar-refractivity contribution in [1.82, 2.24) is 5.32 Å². The van der Waals surface area contributed by atoms with Gasteiger partial charge < -0.3 is 25.6 Å². The van der Waals surface area contributed by atoms with E-state index >= 15 is 0 Å². The highest BCUT2D eigenvalue weighted by Crippen LogP contribution is 2.39. The number of carbonyl (C=O) groups is 1. The van der Waals surface area contributed by atoms with Gasteiger partial charge in [-0.2, -0.15) is 0 Å². The number of hydrogen-bond donors (Lipinski definition) is 3. The van der Waals surface area contributed by atoms with Crippen LogP contribution in [0.3, 0.4) is 0 Å². The second kappa shape index (κ2) is 8.40. The number of fused-ring (bicyclic) bond motifs is 1. The number of nitrogens with one attached hydrogen (secondary N) is 1. The van der Waals surface area contributed by atoms with Crippen molar-refractivity contribution < 1.29 is 19.4 Å². The van der Waals surface area contributed by atoms with E-state index < -0.39 is 12.1 Å². The van der Waals surface area contributed by atoms with Crippen LogP contribution >= 0.6 is 11.6 Å². The highest BCUT2D eigenvalue weighted by Gasteiger charge is 2.20. The Morgan fingerprint density at radius 3 is 2.69 bits per heavy atom. The van der Waals surface area contributed by atoms with Crippen LogP contribution in [0.4, 0.5) is 0 Å². The van der Waals surface area contributed by atoms with Gasteiger partial charge in [-0.25, -0.2) is 0 Å². The first-order valence-electron chi connectivity index (χ1n) is 8.39. The highest BCUT2D eigenvalue weighted by atomic mass is 35.5. The minimum atomic E-state index is -0.916. The van der Waals surface area contributed by atoms with Crippen LogP contribution in [-0.4, -0.2) is 30.8 Å². The predicted molar refractivity (Wildman–Crippen MR) is 98.4 cm³/mol. The summed E-state index contributed by atoms with van der Waals surface area (Å²) in [6.07, 6.45) is -0.779. The zero-order valence-corrected chi connectivity index (χ0v) is 14.9. The molecule has 2 aromatic rings. The molecule has 0 radical (unpaired) electrons. The molecule has 2 unspecified atom stereocenters. The Bertz CT molecular complexity index is 770. The normalized spacial score (nSPS) is 15.2. The zero-order chi connectivity index (χ0) is 18.5. The number of carbonyl (C=O) groups excluding carboxylic acids is 1. The number of nitrogens with two attached hydrogens (primary N) is 1. The van der Waals surface area contributed by atoms with Crippen LogP contribution in [0.1, 0.15) is 29.7 Å². The molecule has 0 aromatic heterocycles. The molecule has 0 saturated carbocycles. The van der Waals surface area contributed by atoms with Crippen molar-refractivity contribution in [2.75, 3.05) is 19.8 Å². The number of benzene rings is 2. The summed E-state index contributed by atoms with van der Waals surface area (Å²) in [7, 11) is 0. The molecule has 7 heteroatoms. The van der Waals surface area contributed by atoms with Crippen molar-refractivity contribution in [3.63, 3.8) is 0 Å². The molecular formula is C19H21ClN2O4. The third-order valence-electron chi connectivity index (χ3n) is 4.13. The lowest BCUT2D eigenvalue weighted by Crippen LogP contribution is -2.31. The lowest BCUT2D eigenvalue weighted by molar-refractivity contribution is -0.121. The lowest BCUT2D eigenvalue weighted by Gasteiger charge is -2.22. The molecular weight excluding hydrogens is 356 g/mol. The fraction of sp³-hybridized carbons (Fsp3) is 0.316. The van der Waals surface area contributed by atoms with Gasteiger partial charge in [0.05, 0.1) is 11.1 Å². The Hall–Kier alpha value is -2.28. The second-order valence-electron chi connectivity index (χ2n) is 6.07. The van der Waals surface area contributed by atoms with Crippen LogP contribution in [0, 0.1) is 0 Å². The number of ether oxygens (including phenoxy) is 2.